The average molecular weight is 295 g/mol. The molecule has 1 aromatic heterocycles. The molecular formula is C14H21N3O4. The van der Waals surface area contributed by atoms with Crippen molar-refractivity contribution < 1.29 is 19.4 Å². The van der Waals surface area contributed by atoms with Crippen LogP contribution in [-0.4, -0.2) is 34.7 Å². The van der Waals surface area contributed by atoms with Gasteiger partial charge in [-0.3, -0.25) is 4.79 Å². The molecule has 0 atom stereocenters. The van der Waals surface area contributed by atoms with Gasteiger partial charge in [0.2, 0.25) is 5.88 Å². The Bertz CT molecular complexity index is 503. The smallest absolute Gasteiger partial charge is 0.315 e. The summed E-state index contributed by atoms with van der Waals surface area (Å²) in [6, 6.07) is 3.16. The summed E-state index contributed by atoms with van der Waals surface area (Å²) in [6.07, 6.45) is 1.97. The normalized spacial score (nSPS) is 10.8. The number of hydrogen-bond donors (Lipinski definition) is 3. The van der Waals surface area contributed by atoms with E-state index in [0.29, 0.717) is 18.8 Å². The van der Waals surface area contributed by atoms with E-state index in [2.05, 4.69) is 15.6 Å². The maximum absolute atomic E-state index is 11.8. The van der Waals surface area contributed by atoms with E-state index in [-0.39, 0.29) is 12.5 Å². The van der Waals surface area contributed by atoms with E-state index in [4.69, 9.17) is 9.84 Å². The maximum atomic E-state index is 11.8. The summed E-state index contributed by atoms with van der Waals surface area (Å²) >= 11 is 0. The van der Waals surface area contributed by atoms with E-state index in [1.165, 1.54) is 7.11 Å². The Balaban J connectivity index is 2.44. The fourth-order valence-corrected chi connectivity index (χ4v) is 1.69. The van der Waals surface area contributed by atoms with E-state index in [1.807, 2.05) is 0 Å². The zero-order valence-corrected chi connectivity index (χ0v) is 12.5. The Morgan fingerprint density at radius 3 is 2.76 bits per heavy atom. The number of nitrogens with one attached hydrogen (secondary N) is 2. The number of aromatic nitrogens is 1. The van der Waals surface area contributed by atoms with Crippen LogP contribution >= 0.6 is 0 Å². The molecule has 116 valence electrons. The van der Waals surface area contributed by atoms with Crippen molar-refractivity contribution in [1.82, 2.24) is 15.6 Å². The third-order valence-electron chi connectivity index (χ3n) is 2.88. The molecule has 0 aliphatic heterocycles. The standard InChI is InChI=1S/C14H21N3O4/c1-14(2,6-4-12(18)19)17-13(20)16-9-10-5-7-15-11(8-10)21-3/h5,7-8H,4,6,9H2,1-3H3,(H,18,19)(H2,16,17,20). The monoisotopic (exact) mass is 295 g/mol. The first kappa shape index (κ1) is 16.7. The molecule has 0 radical (unpaired) electrons. The molecule has 21 heavy (non-hydrogen) atoms. The predicted octanol–water partition coefficient (Wildman–Crippen LogP) is 1.53. The molecule has 0 aliphatic carbocycles. The van der Waals surface area contributed by atoms with Gasteiger partial charge in [0.05, 0.1) is 7.11 Å². The fraction of sp³-hybridized carbons (Fsp3) is 0.500. The van der Waals surface area contributed by atoms with Crippen LogP contribution in [0.15, 0.2) is 18.3 Å². The first-order chi connectivity index (χ1) is 9.82. The lowest BCUT2D eigenvalue weighted by molar-refractivity contribution is -0.137. The van der Waals surface area contributed by atoms with Gasteiger partial charge in [-0.2, -0.15) is 0 Å². The van der Waals surface area contributed by atoms with Gasteiger partial charge in [-0.15, -0.1) is 0 Å². The minimum atomic E-state index is -0.880. The zero-order valence-electron chi connectivity index (χ0n) is 12.5. The van der Waals surface area contributed by atoms with E-state index in [1.54, 1.807) is 32.2 Å². The lowest BCUT2D eigenvalue weighted by Gasteiger charge is -2.25. The van der Waals surface area contributed by atoms with Crippen molar-refractivity contribution in [2.75, 3.05) is 7.11 Å². The third-order valence-corrected chi connectivity index (χ3v) is 2.88. The molecule has 0 aromatic carbocycles. The van der Waals surface area contributed by atoms with Crippen molar-refractivity contribution in [3.63, 3.8) is 0 Å². The second kappa shape index (κ2) is 7.47. The van der Waals surface area contributed by atoms with Crippen LogP contribution in [-0.2, 0) is 11.3 Å². The molecule has 0 spiro atoms. The van der Waals surface area contributed by atoms with Crippen LogP contribution in [0.4, 0.5) is 4.79 Å². The topological polar surface area (TPSA) is 101 Å². The van der Waals surface area contributed by atoms with Gasteiger partial charge < -0.3 is 20.5 Å². The Labute approximate surface area is 123 Å². The van der Waals surface area contributed by atoms with E-state index < -0.39 is 11.5 Å². The Hall–Kier alpha value is -2.31. The fourth-order valence-electron chi connectivity index (χ4n) is 1.69. The first-order valence-corrected chi connectivity index (χ1v) is 6.59. The summed E-state index contributed by atoms with van der Waals surface area (Å²) in [7, 11) is 1.53. The molecule has 0 saturated carbocycles. The van der Waals surface area contributed by atoms with E-state index in [0.717, 1.165) is 5.56 Å². The van der Waals surface area contributed by atoms with Crippen molar-refractivity contribution >= 4 is 12.0 Å². The maximum Gasteiger partial charge on any atom is 0.315 e. The number of methoxy groups -OCH3 is 1. The van der Waals surface area contributed by atoms with E-state index >= 15 is 0 Å². The molecule has 2 amide bonds. The van der Waals surface area contributed by atoms with Gasteiger partial charge in [0, 0.05) is 30.8 Å². The number of nitrogens with zero attached hydrogens (tertiary/aromatic N) is 1. The molecule has 1 rings (SSSR count). The number of carboxylic acids is 1. The van der Waals surface area contributed by atoms with Crippen molar-refractivity contribution in [3.8, 4) is 5.88 Å². The minimum absolute atomic E-state index is 0.00876. The Morgan fingerprint density at radius 2 is 2.14 bits per heavy atom. The van der Waals surface area contributed by atoms with Crippen LogP contribution < -0.4 is 15.4 Å². The number of carbonyl (C=O) groups is 2. The van der Waals surface area contributed by atoms with Crippen molar-refractivity contribution in [1.29, 1.82) is 0 Å². The zero-order chi connectivity index (χ0) is 15.9. The Morgan fingerprint density at radius 1 is 1.43 bits per heavy atom. The van der Waals surface area contributed by atoms with Gasteiger partial charge in [-0.1, -0.05) is 0 Å². The van der Waals surface area contributed by atoms with Gasteiger partial charge >= 0.3 is 12.0 Å². The number of carboxylic acid groups (broad SMARTS) is 1. The predicted molar refractivity (Wildman–Crippen MR) is 77.1 cm³/mol. The SMILES string of the molecule is COc1cc(CNC(=O)NC(C)(C)CCC(=O)O)ccn1. The van der Waals surface area contributed by atoms with Gasteiger partial charge in [0.25, 0.3) is 0 Å². The molecule has 0 aliphatic rings. The summed E-state index contributed by atoms with van der Waals surface area (Å²) in [5, 5.41) is 14.1. The average Bonchev–Trinajstić information content (AvgIpc) is 2.43. The molecule has 0 saturated heterocycles. The highest BCUT2D eigenvalue weighted by Gasteiger charge is 2.21. The third kappa shape index (κ3) is 6.60. The van der Waals surface area contributed by atoms with E-state index in [9.17, 15) is 9.59 Å². The first-order valence-electron chi connectivity index (χ1n) is 6.59. The highest BCUT2D eigenvalue weighted by Crippen LogP contribution is 2.11. The molecule has 0 fully saturated rings. The number of hydrogen-bond acceptors (Lipinski definition) is 4. The van der Waals surface area contributed by atoms with Crippen molar-refractivity contribution in [3.05, 3.63) is 23.9 Å². The van der Waals surface area contributed by atoms with Crippen LogP contribution in [0.25, 0.3) is 0 Å². The van der Waals surface area contributed by atoms with Crippen molar-refractivity contribution in [2.24, 2.45) is 0 Å². The van der Waals surface area contributed by atoms with Crippen LogP contribution in [0.3, 0.4) is 0 Å². The number of aliphatic carboxylic acids is 1. The van der Waals surface area contributed by atoms with Crippen molar-refractivity contribution in [2.45, 2.75) is 38.8 Å². The van der Waals surface area contributed by atoms with Crippen LogP contribution in [0.2, 0.25) is 0 Å². The number of rotatable bonds is 7. The van der Waals surface area contributed by atoms with Crippen LogP contribution in [0, 0.1) is 0 Å². The number of carbonyl (C=O) groups excluding carboxylic acids is 1. The molecule has 0 bridgehead atoms. The number of amides is 2. The summed E-state index contributed by atoms with van der Waals surface area (Å²) in [5.74, 6) is -0.398. The Kier molecular flexibility index (Phi) is 5.95. The largest absolute Gasteiger partial charge is 0.481 e. The molecule has 3 N–H and O–H groups in total. The van der Waals surface area contributed by atoms with Gasteiger partial charge in [-0.05, 0) is 31.9 Å². The molecular weight excluding hydrogens is 274 g/mol. The summed E-state index contributed by atoms with van der Waals surface area (Å²) < 4.78 is 5.00. The molecule has 7 heteroatoms. The molecule has 7 nitrogen and oxygen atoms in total. The lowest BCUT2D eigenvalue weighted by Crippen LogP contribution is -2.48. The highest BCUT2D eigenvalue weighted by atomic mass is 16.5. The van der Waals surface area contributed by atoms with Crippen LogP contribution in [0.1, 0.15) is 32.3 Å². The number of urea groups is 1. The molecule has 1 aromatic rings. The van der Waals surface area contributed by atoms with Gasteiger partial charge in [0.15, 0.2) is 0 Å². The second-order valence-corrected chi connectivity index (χ2v) is 5.29. The summed E-state index contributed by atoms with van der Waals surface area (Å²) in [6.45, 7) is 3.90. The van der Waals surface area contributed by atoms with Gasteiger partial charge in [-0.25, -0.2) is 9.78 Å². The lowest BCUT2D eigenvalue weighted by atomic mass is 9.99. The highest BCUT2D eigenvalue weighted by molar-refractivity contribution is 5.75. The minimum Gasteiger partial charge on any atom is -0.481 e. The van der Waals surface area contributed by atoms with Crippen LogP contribution in [0.5, 0.6) is 5.88 Å². The van der Waals surface area contributed by atoms with Gasteiger partial charge in [0.1, 0.15) is 0 Å². The second-order valence-electron chi connectivity index (χ2n) is 5.29. The summed E-state index contributed by atoms with van der Waals surface area (Å²) in [5.41, 5.74) is 0.277. The summed E-state index contributed by atoms with van der Waals surface area (Å²) in [4.78, 5) is 26.4. The molecule has 1 heterocycles. The number of ether oxygens (including phenoxy) is 1. The number of pyridine rings is 1. The molecule has 0 unspecified atom stereocenters. The quantitative estimate of drug-likeness (QED) is 0.708.